The van der Waals surface area contributed by atoms with E-state index in [4.69, 9.17) is 4.74 Å². The van der Waals surface area contributed by atoms with Crippen molar-refractivity contribution in [2.24, 2.45) is 14.1 Å². The molecule has 32 heavy (non-hydrogen) atoms. The SMILES string of the molecule is COc1ccc(C)cc1NC(=O)Cn1c(=O)n(C)c(=O)c2c1c(-c1ccccc1)cn2C. The van der Waals surface area contributed by atoms with E-state index in [0.29, 0.717) is 28.0 Å². The van der Waals surface area contributed by atoms with Crippen molar-refractivity contribution in [1.82, 2.24) is 13.7 Å². The predicted molar refractivity (Wildman–Crippen MR) is 124 cm³/mol. The van der Waals surface area contributed by atoms with Crippen molar-refractivity contribution >= 4 is 22.6 Å². The van der Waals surface area contributed by atoms with E-state index >= 15 is 0 Å². The number of benzene rings is 2. The van der Waals surface area contributed by atoms with Gasteiger partial charge in [-0.2, -0.15) is 0 Å². The molecule has 0 spiro atoms. The summed E-state index contributed by atoms with van der Waals surface area (Å²) in [6, 6.07) is 14.9. The van der Waals surface area contributed by atoms with Crippen molar-refractivity contribution in [2.45, 2.75) is 13.5 Å². The summed E-state index contributed by atoms with van der Waals surface area (Å²) >= 11 is 0. The van der Waals surface area contributed by atoms with Crippen molar-refractivity contribution in [2.75, 3.05) is 12.4 Å². The number of aryl methyl sites for hydroxylation is 2. The monoisotopic (exact) mass is 432 g/mol. The minimum Gasteiger partial charge on any atom is -0.495 e. The van der Waals surface area contributed by atoms with Crippen LogP contribution in [0.25, 0.3) is 22.2 Å². The van der Waals surface area contributed by atoms with Gasteiger partial charge in [-0.3, -0.25) is 18.7 Å². The van der Waals surface area contributed by atoms with Crippen LogP contribution in [0.4, 0.5) is 5.69 Å². The third kappa shape index (κ3) is 3.60. The lowest BCUT2D eigenvalue weighted by molar-refractivity contribution is -0.116. The number of carbonyl (C=O) groups excluding carboxylic acids is 1. The van der Waals surface area contributed by atoms with Crippen molar-refractivity contribution in [1.29, 1.82) is 0 Å². The highest BCUT2D eigenvalue weighted by molar-refractivity contribution is 5.96. The van der Waals surface area contributed by atoms with Crippen LogP contribution < -0.4 is 21.3 Å². The molecule has 8 heteroatoms. The lowest BCUT2D eigenvalue weighted by Gasteiger charge is -2.14. The third-order valence-corrected chi connectivity index (χ3v) is 5.47. The first-order valence-electron chi connectivity index (χ1n) is 10.1. The van der Waals surface area contributed by atoms with Crippen LogP contribution in [0.1, 0.15) is 5.56 Å². The fraction of sp³-hybridized carbons (Fsp3) is 0.208. The van der Waals surface area contributed by atoms with Crippen molar-refractivity contribution in [3.05, 3.63) is 81.1 Å². The normalized spacial score (nSPS) is 11.0. The Balaban J connectivity index is 1.86. The van der Waals surface area contributed by atoms with Gasteiger partial charge >= 0.3 is 5.69 Å². The molecule has 0 aliphatic rings. The quantitative estimate of drug-likeness (QED) is 0.525. The van der Waals surface area contributed by atoms with Gasteiger partial charge in [-0.15, -0.1) is 0 Å². The molecule has 164 valence electrons. The van der Waals surface area contributed by atoms with Crippen LogP contribution in [0.2, 0.25) is 0 Å². The maximum atomic E-state index is 13.1. The van der Waals surface area contributed by atoms with Crippen LogP contribution in [-0.2, 0) is 25.4 Å². The van der Waals surface area contributed by atoms with Crippen molar-refractivity contribution in [3.8, 4) is 16.9 Å². The Morgan fingerprint density at radius 1 is 1.03 bits per heavy atom. The van der Waals surface area contributed by atoms with E-state index in [0.717, 1.165) is 15.7 Å². The fourth-order valence-electron chi connectivity index (χ4n) is 3.89. The standard InChI is InChI=1S/C24H24N4O4/c1-15-10-11-19(32-4)18(12-15)25-20(29)14-28-21-17(16-8-6-5-7-9-16)13-26(2)22(21)23(30)27(3)24(28)31/h5-13H,14H2,1-4H3,(H,25,29). The fourth-order valence-corrected chi connectivity index (χ4v) is 3.89. The molecule has 1 N–H and O–H groups in total. The molecule has 0 radical (unpaired) electrons. The number of fused-ring (bicyclic) bond motifs is 1. The maximum absolute atomic E-state index is 13.1. The molecule has 0 bridgehead atoms. The van der Waals surface area contributed by atoms with E-state index < -0.39 is 17.2 Å². The molecule has 0 aliphatic carbocycles. The molecule has 4 rings (SSSR count). The summed E-state index contributed by atoms with van der Waals surface area (Å²) < 4.78 is 9.39. The Bertz CT molecular complexity index is 1450. The molecule has 4 aromatic rings. The highest BCUT2D eigenvalue weighted by Crippen LogP contribution is 2.28. The number of rotatable bonds is 5. The Hall–Kier alpha value is -4.07. The summed E-state index contributed by atoms with van der Waals surface area (Å²) in [7, 11) is 4.69. The number of anilines is 1. The minimum absolute atomic E-state index is 0.260. The van der Waals surface area contributed by atoms with E-state index in [-0.39, 0.29) is 6.54 Å². The lowest BCUT2D eigenvalue weighted by atomic mass is 10.1. The lowest BCUT2D eigenvalue weighted by Crippen LogP contribution is -2.40. The molecule has 0 aliphatic heterocycles. The maximum Gasteiger partial charge on any atom is 0.331 e. The molecule has 0 unspecified atom stereocenters. The second-order valence-electron chi connectivity index (χ2n) is 7.70. The molecular weight excluding hydrogens is 408 g/mol. The minimum atomic E-state index is -0.558. The van der Waals surface area contributed by atoms with Gasteiger partial charge in [0.15, 0.2) is 0 Å². The third-order valence-electron chi connectivity index (χ3n) is 5.47. The number of ether oxygens (including phenoxy) is 1. The Morgan fingerprint density at radius 3 is 2.44 bits per heavy atom. The summed E-state index contributed by atoms with van der Waals surface area (Å²) in [6.45, 7) is 1.65. The number of aromatic nitrogens is 3. The number of hydrogen-bond donors (Lipinski definition) is 1. The zero-order valence-electron chi connectivity index (χ0n) is 18.4. The molecular formula is C24H24N4O4. The van der Waals surface area contributed by atoms with E-state index in [1.807, 2.05) is 43.3 Å². The number of methoxy groups -OCH3 is 1. The largest absolute Gasteiger partial charge is 0.495 e. The summed E-state index contributed by atoms with van der Waals surface area (Å²) in [6.07, 6.45) is 1.80. The molecule has 2 aromatic heterocycles. The zero-order valence-corrected chi connectivity index (χ0v) is 18.4. The number of nitrogens with one attached hydrogen (secondary N) is 1. The van der Waals surface area contributed by atoms with Gasteiger partial charge < -0.3 is 14.6 Å². The molecule has 8 nitrogen and oxygen atoms in total. The number of carbonyl (C=O) groups is 1. The molecule has 1 amide bonds. The summed E-state index contributed by atoms with van der Waals surface area (Å²) in [4.78, 5) is 38.9. The summed E-state index contributed by atoms with van der Waals surface area (Å²) in [5, 5.41) is 2.82. The van der Waals surface area contributed by atoms with E-state index in [1.165, 1.54) is 18.7 Å². The topological polar surface area (TPSA) is 87.3 Å². The number of nitrogens with zero attached hydrogens (tertiary/aromatic N) is 3. The average molecular weight is 432 g/mol. The molecule has 2 heterocycles. The van der Waals surface area contributed by atoms with Crippen LogP contribution in [0.3, 0.4) is 0 Å². The van der Waals surface area contributed by atoms with E-state index in [9.17, 15) is 14.4 Å². The number of amides is 1. The van der Waals surface area contributed by atoms with Gasteiger partial charge in [-0.25, -0.2) is 4.79 Å². The van der Waals surface area contributed by atoms with Crippen molar-refractivity contribution in [3.63, 3.8) is 0 Å². The smallest absolute Gasteiger partial charge is 0.331 e. The van der Waals surface area contributed by atoms with Gasteiger partial charge in [0.2, 0.25) is 5.91 Å². The molecule has 0 atom stereocenters. The van der Waals surface area contributed by atoms with Crippen molar-refractivity contribution < 1.29 is 9.53 Å². The second kappa shape index (κ2) is 8.22. The molecule has 0 saturated heterocycles. The zero-order chi connectivity index (χ0) is 23.0. The first-order valence-corrected chi connectivity index (χ1v) is 10.1. The van der Waals surface area contributed by atoms with E-state index in [1.54, 1.807) is 29.9 Å². The first kappa shape index (κ1) is 21.2. The number of hydrogen-bond acceptors (Lipinski definition) is 4. The Labute approximate surface area is 184 Å². The molecule has 0 fully saturated rings. The molecule has 0 saturated carbocycles. The van der Waals surface area contributed by atoms with Crippen LogP contribution in [-0.4, -0.2) is 26.7 Å². The van der Waals surface area contributed by atoms with E-state index in [2.05, 4.69) is 5.32 Å². The average Bonchev–Trinajstić information content (AvgIpc) is 3.13. The van der Waals surface area contributed by atoms with Crippen LogP contribution in [0.15, 0.2) is 64.3 Å². The van der Waals surface area contributed by atoms with Crippen LogP contribution in [0.5, 0.6) is 5.75 Å². The van der Waals surface area contributed by atoms with Gasteiger partial charge in [-0.1, -0.05) is 36.4 Å². The highest BCUT2D eigenvalue weighted by atomic mass is 16.5. The van der Waals surface area contributed by atoms with Gasteiger partial charge in [0.25, 0.3) is 5.56 Å². The summed E-state index contributed by atoms with van der Waals surface area (Å²) in [5.74, 6) is 0.116. The van der Waals surface area contributed by atoms with Crippen LogP contribution in [0, 0.1) is 6.92 Å². The van der Waals surface area contributed by atoms with Gasteiger partial charge in [0.05, 0.1) is 18.3 Å². The Kier molecular flexibility index (Phi) is 5.44. The van der Waals surface area contributed by atoms with Gasteiger partial charge in [-0.05, 0) is 30.2 Å². The first-order chi connectivity index (χ1) is 15.3. The van der Waals surface area contributed by atoms with Gasteiger partial charge in [0.1, 0.15) is 17.8 Å². The highest BCUT2D eigenvalue weighted by Gasteiger charge is 2.21. The predicted octanol–water partition coefficient (Wildman–Crippen LogP) is 2.66. The van der Waals surface area contributed by atoms with Gasteiger partial charge in [0, 0.05) is 25.9 Å². The summed E-state index contributed by atoms with van der Waals surface area (Å²) in [5.41, 5.74) is 2.84. The second-order valence-corrected chi connectivity index (χ2v) is 7.70. The van der Waals surface area contributed by atoms with Crippen LogP contribution >= 0.6 is 0 Å². The Morgan fingerprint density at radius 2 is 1.75 bits per heavy atom. The molecule has 2 aromatic carbocycles.